The summed E-state index contributed by atoms with van der Waals surface area (Å²) in [4.78, 5) is 38.3. The maximum Gasteiger partial charge on any atom is 0.325 e. The van der Waals surface area contributed by atoms with E-state index in [1.165, 1.54) is 7.11 Å². The van der Waals surface area contributed by atoms with Crippen molar-refractivity contribution >= 4 is 17.8 Å². The third-order valence-corrected chi connectivity index (χ3v) is 4.43. The minimum absolute atomic E-state index is 0.172. The van der Waals surface area contributed by atoms with E-state index in [9.17, 15) is 14.4 Å². The van der Waals surface area contributed by atoms with Gasteiger partial charge in [0.2, 0.25) is 5.91 Å². The lowest BCUT2D eigenvalue weighted by molar-refractivity contribution is -0.141. The highest BCUT2D eigenvalue weighted by Crippen LogP contribution is 2.33. The number of methoxy groups -OCH3 is 1. The van der Waals surface area contributed by atoms with Crippen LogP contribution in [0.25, 0.3) is 0 Å². The maximum atomic E-state index is 12.8. The molecule has 1 aliphatic rings. The van der Waals surface area contributed by atoms with Gasteiger partial charge in [0.05, 0.1) is 7.11 Å². The minimum atomic E-state index is -0.743. The number of nitrogens with zero attached hydrogens (tertiary/aromatic N) is 1. The van der Waals surface area contributed by atoms with E-state index in [2.05, 4.69) is 10.1 Å². The van der Waals surface area contributed by atoms with E-state index < -0.39 is 12.0 Å². The summed E-state index contributed by atoms with van der Waals surface area (Å²) >= 11 is 0. The average molecular weight is 352 g/mol. The van der Waals surface area contributed by atoms with Gasteiger partial charge in [-0.3, -0.25) is 14.4 Å². The molecule has 0 saturated heterocycles. The van der Waals surface area contributed by atoms with Crippen molar-refractivity contribution in [3.8, 4) is 0 Å². The lowest BCUT2D eigenvalue weighted by atomic mass is 10.0. The highest BCUT2D eigenvalue weighted by Gasteiger charge is 2.40. The van der Waals surface area contributed by atoms with Crippen LogP contribution in [0.2, 0.25) is 0 Å². The monoisotopic (exact) mass is 352 g/mol. The molecule has 0 aromatic heterocycles. The Morgan fingerprint density at radius 2 is 1.77 bits per heavy atom. The van der Waals surface area contributed by atoms with Crippen molar-refractivity contribution in [1.29, 1.82) is 0 Å². The zero-order valence-corrected chi connectivity index (χ0v) is 14.5. The fourth-order valence-electron chi connectivity index (χ4n) is 3.11. The first kappa shape index (κ1) is 17.7. The molecule has 1 atom stereocenters. The summed E-state index contributed by atoms with van der Waals surface area (Å²) < 4.78 is 4.55. The molecule has 2 aromatic rings. The lowest BCUT2D eigenvalue weighted by Crippen LogP contribution is -2.41. The second-order valence-corrected chi connectivity index (χ2v) is 6.02. The van der Waals surface area contributed by atoms with Crippen LogP contribution in [0.15, 0.2) is 54.6 Å². The number of rotatable bonds is 6. The van der Waals surface area contributed by atoms with Crippen molar-refractivity contribution in [2.75, 3.05) is 20.2 Å². The summed E-state index contributed by atoms with van der Waals surface area (Å²) in [5.41, 5.74) is 2.27. The Morgan fingerprint density at radius 1 is 1.08 bits per heavy atom. The summed E-state index contributed by atoms with van der Waals surface area (Å²) in [5.74, 6) is -1.09. The Bertz CT molecular complexity index is 820. The largest absolute Gasteiger partial charge is 0.468 e. The predicted octanol–water partition coefficient (Wildman–Crippen LogP) is 1.72. The zero-order valence-electron chi connectivity index (χ0n) is 14.5. The number of carbonyl (C=O) groups is 3. The fourth-order valence-corrected chi connectivity index (χ4v) is 3.11. The van der Waals surface area contributed by atoms with E-state index >= 15 is 0 Å². The van der Waals surface area contributed by atoms with Crippen LogP contribution in [0.4, 0.5) is 0 Å². The average Bonchev–Trinajstić information content (AvgIpc) is 2.97. The van der Waals surface area contributed by atoms with Gasteiger partial charge in [-0.05, 0) is 23.6 Å². The molecule has 1 unspecified atom stereocenters. The molecule has 0 spiro atoms. The van der Waals surface area contributed by atoms with Crippen LogP contribution in [0.1, 0.15) is 27.5 Å². The summed E-state index contributed by atoms with van der Waals surface area (Å²) in [6, 6.07) is 16.1. The van der Waals surface area contributed by atoms with Gasteiger partial charge in [-0.2, -0.15) is 0 Å². The summed E-state index contributed by atoms with van der Waals surface area (Å²) in [6.07, 6.45) is 0.640. The number of amides is 2. The Balaban J connectivity index is 1.80. The van der Waals surface area contributed by atoms with Gasteiger partial charge in [0.15, 0.2) is 0 Å². The number of carbonyl (C=O) groups excluding carboxylic acids is 3. The van der Waals surface area contributed by atoms with E-state index in [0.29, 0.717) is 24.1 Å². The molecule has 0 radical (unpaired) electrons. The maximum absolute atomic E-state index is 12.8. The Morgan fingerprint density at radius 3 is 2.50 bits per heavy atom. The van der Waals surface area contributed by atoms with Crippen LogP contribution in [0, 0.1) is 0 Å². The van der Waals surface area contributed by atoms with Crippen molar-refractivity contribution in [1.82, 2.24) is 10.2 Å². The number of hydrogen-bond donors (Lipinski definition) is 1. The molecule has 6 heteroatoms. The van der Waals surface area contributed by atoms with E-state index in [4.69, 9.17) is 0 Å². The smallest absolute Gasteiger partial charge is 0.325 e. The molecular weight excluding hydrogens is 332 g/mol. The van der Waals surface area contributed by atoms with Crippen molar-refractivity contribution in [3.05, 3.63) is 71.3 Å². The van der Waals surface area contributed by atoms with Gasteiger partial charge in [-0.15, -0.1) is 0 Å². The number of fused-ring (bicyclic) bond motifs is 1. The fraction of sp³-hybridized carbons (Fsp3) is 0.250. The van der Waals surface area contributed by atoms with Crippen molar-refractivity contribution in [2.45, 2.75) is 12.5 Å². The third kappa shape index (κ3) is 3.59. The van der Waals surface area contributed by atoms with Gasteiger partial charge in [0, 0.05) is 12.1 Å². The Hall–Kier alpha value is -3.15. The zero-order chi connectivity index (χ0) is 18.5. The number of ether oxygens (including phenoxy) is 1. The standard InChI is InChI=1S/C20H20N2O4/c1-26-17(23)13-21-19(24)18-15-9-5-6-10-16(15)20(25)22(18)12-11-14-7-3-2-4-8-14/h2-10,18H,11-13H2,1H3,(H,21,24). The molecule has 3 rings (SSSR count). The topological polar surface area (TPSA) is 75.7 Å². The molecule has 1 aliphatic heterocycles. The van der Waals surface area contributed by atoms with E-state index in [1.54, 1.807) is 29.2 Å². The minimum Gasteiger partial charge on any atom is -0.468 e. The SMILES string of the molecule is COC(=O)CNC(=O)C1c2ccccc2C(=O)N1CCc1ccccc1. The molecule has 2 aromatic carbocycles. The normalized spacial score (nSPS) is 15.5. The van der Waals surface area contributed by atoms with Gasteiger partial charge < -0.3 is 15.0 Å². The molecule has 6 nitrogen and oxygen atoms in total. The van der Waals surface area contributed by atoms with Crippen molar-refractivity contribution < 1.29 is 19.1 Å². The Kier molecular flexibility index (Phi) is 5.31. The Labute approximate surface area is 151 Å². The van der Waals surface area contributed by atoms with Crippen LogP contribution in [0.5, 0.6) is 0 Å². The second-order valence-electron chi connectivity index (χ2n) is 6.02. The number of esters is 1. The van der Waals surface area contributed by atoms with Gasteiger partial charge in [-0.1, -0.05) is 48.5 Å². The van der Waals surface area contributed by atoms with Gasteiger partial charge in [-0.25, -0.2) is 0 Å². The van der Waals surface area contributed by atoms with Gasteiger partial charge >= 0.3 is 5.97 Å². The first-order valence-corrected chi connectivity index (χ1v) is 8.40. The summed E-state index contributed by atoms with van der Waals surface area (Å²) in [6.45, 7) is 0.183. The van der Waals surface area contributed by atoms with E-state index in [1.807, 2.05) is 30.3 Å². The van der Waals surface area contributed by atoms with Crippen LogP contribution in [-0.2, 0) is 20.7 Å². The lowest BCUT2D eigenvalue weighted by Gasteiger charge is -2.24. The number of benzene rings is 2. The molecule has 0 aliphatic carbocycles. The quantitative estimate of drug-likeness (QED) is 0.803. The number of hydrogen-bond acceptors (Lipinski definition) is 4. The summed E-state index contributed by atoms with van der Waals surface area (Å²) in [7, 11) is 1.26. The molecule has 1 N–H and O–H groups in total. The number of nitrogens with one attached hydrogen (secondary N) is 1. The third-order valence-electron chi connectivity index (χ3n) is 4.43. The van der Waals surface area contributed by atoms with Crippen LogP contribution in [0.3, 0.4) is 0 Å². The molecule has 2 amide bonds. The molecule has 134 valence electrons. The van der Waals surface area contributed by atoms with Crippen LogP contribution >= 0.6 is 0 Å². The first-order valence-electron chi connectivity index (χ1n) is 8.40. The van der Waals surface area contributed by atoms with Crippen molar-refractivity contribution in [3.63, 3.8) is 0 Å². The highest BCUT2D eigenvalue weighted by atomic mass is 16.5. The van der Waals surface area contributed by atoms with Gasteiger partial charge in [0.25, 0.3) is 5.91 Å². The van der Waals surface area contributed by atoms with Gasteiger partial charge in [0.1, 0.15) is 12.6 Å². The van der Waals surface area contributed by atoms with Crippen LogP contribution in [-0.4, -0.2) is 42.9 Å². The molecule has 1 heterocycles. The van der Waals surface area contributed by atoms with Crippen molar-refractivity contribution in [2.24, 2.45) is 0 Å². The second kappa shape index (κ2) is 7.82. The van der Waals surface area contributed by atoms with E-state index in [-0.39, 0.29) is 18.4 Å². The molecule has 0 bridgehead atoms. The predicted molar refractivity (Wildman–Crippen MR) is 95.4 cm³/mol. The van der Waals surface area contributed by atoms with E-state index in [0.717, 1.165) is 5.56 Å². The molecule has 0 fully saturated rings. The molecule has 0 saturated carbocycles. The first-order chi connectivity index (χ1) is 12.6. The summed E-state index contributed by atoms with van der Waals surface area (Å²) in [5, 5.41) is 2.56. The van der Waals surface area contributed by atoms with Crippen LogP contribution < -0.4 is 5.32 Å². The highest BCUT2D eigenvalue weighted by molar-refractivity contribution is 6.05. The molecule has 26 heavy (non-hydrogen) atoms. The molecular formula is C20H20N2O4.